The SMILES string of the molecule is CCOc1ccc(C(=O)Nc2cccc(C)c2C)cc1COc1ccc(OC)cc1. The molecule has 3 aromatic rings. The van der Waals surface area contributed by atoms with Crippen LogP contribution < -0.4 is 19.5 Å². The second-order valence-corrected chi connectivity index (χ2v) is 6.92. The van der Waals surface area contributed by atoms with Gasteiger partial charge in [-0.3, -0.25) is 4.79 Å². The number of methoxy groups -OCH3 is 1. The summed E-state index contributed by atoms with van der Waals surface area (Å²) in [5.74, 6) is 2.01. The molecule has 0 unspecified atom stereocenters. The lowest BCUT2D eigenvalue weighted by atomic mass is 10.1. The lowest BCUT2D eigenvalue weighted by Gasteiger charge is -2.14. The highest BCUT2D eigenvalue weighted by molar-refractivity contribution is 6.05. The smallest absolute Gasteiger partial charge is 0.255 e. The standard InChI is InChI=1S/C25H27NO4/c1-5-29-24-14-9-19(25(27)26-23-8-6-7-17(2)18(23)3)15-20(24)16-30-22-12-10-21(28-4)11-13-22/h6-15H,5,16H2,1-4H3,(H,26,27). The molecule has 0 atom stereocenters. The highest BCUT2D eigenvalue weighted by Gasteiger charge is 2.13. The maximum Gasteiger partial charge on any atom is 0.255 e. The zero-order valence-corrected chi connectivity index (χ0v) is 17.8. The second kappa shape index (κ2) is 9.83. The van der Waals surface area contributed by atoms with Crippen molar-refractivity contribution in [3.05, 3.63) is 82.9 Å². The van der Waals surface area contributed by atoms with Crippen LogP contribution in [0.25, 0.3) is 0 Å². The van der Waals surface area contributed by atoms with Gasteiger partial charge >= 0.3 is 0 Å². The Kier molecular flexibility index (Phi) is 6.96. The van der Waals surface area contributed by atoms with Crippen molar-refractivity contribution in [1.29, 1.82) is 0 Å². The minimum atomic E-state index is -0.169. The highest BCUT2D eigenvalue weighted by atomic mass is 16.5. The van der Waals surface area contributed by atoms with E-state index in [1.54, 1.807) is 13.2 Å². The van der Waals surface area contributed by atoms with Crippen molar-refractivity contribution < 1.29 is 19.0 Å². The largest absolute Gasteiger partial charge is 0.497 e. The molecule has 3 aromatic carbocycles. The molecule has 0 spiro atoms. The Balaban J connectivity index is 1.78. The maximum atomic E-state index is 12.8. The molecule has 1 N–H and O–H groups in total. The van der Waals surface area contributed by atoms with E-state index in [4.69, 9.17) is 14.2 Å². The zero-order valence-electron chi connectivity index (χ0n) is 17.8. The Hall–Kier alpha value is -3.47. The molecule has 156 valence electrons. The number of amides is 1. The topological polar surface area (TPSA) is 56.8 Å². The van der Waals surface area contributed by atoms with Gasteiger partial charge in [0.25, 0.3) is 5.91 Å². The van der Waals surface area contributed by atoms with Gasteiger partial charge in [-0.15, -0.1) is 0 Å². The van der Waals surface area contributed by atoms with Crippen molar-refractivity contribution in [3.8, 4) is 17.2 Å². The summed E-state index contributed by atoms with van der Waals surface area (Å²) >= 11 is 0. The molecule has 0 aliphatic rings. The van der Waals surface area contributed by atoms with Gasteiger partial charge in [0.1, 0.15) is 23.9 Å². The number of anilines is 1. The summed E-state index contributed by atoms with van der Waals surface area (Å²) in [6.45, 7) is 6.76. The average molecular weight is 405 g/mol. The molecule has 0 radical (unpaired) electrons. The minimum absolute atomic E-state index is 0.169. The van der Waals surface area contributed by atoms with Crippen molar-refractivity contribution in [2.24, 2.45) is 0 Å². The first-order valence-electron chi connectivity index (χ1n) is 9.92. The predicted octanol–water partition coefficient (Wildman–Crippen LogP) is 5.54. The molecule has 0 aliphatic carbocycles. The first-order chi connectivity index (χ1) is 14.5. The number of ether oxygens (including phenoxy) is 3. The molecular formula is C25H27NO4. The minimum Gasteiger partial charge on any atom is -0.497 e. The third-order valence-electron chi connectivity index (χ3n) is 4.93. The molecule has 0 bridgehead atoms. The van der Waals surface area contributed by atoms with Crippen LogP contribution in [0.3, 0.4) is 0 Å². The van der Waals surface area contributed by atoms with E-state index in [0.717, 1.165) is 28.1 Å². The normalized spacial score (nSPS) is 10.4. The Labute approximate surface area is 177 Å². The van der Waals surface area contributed by atoms with Gasteiger partial charge in [-0.1, -0.05) is 12.1 Å². The first-order valence-corrected chi connectivity index (χ1v) is 9.92. The van der Waals surface area contributed by atoms with Crippen molar-refractivity contribution in [1.82, 2.24) is 0 Å². The molecule has 5 nitrogen and oxygen atoms in total. The van der Waals surface area contributed by atoms with Crippen LogP contribution >= 0.6 is 0 Å². The van der Waals surface area contributed by atoms with Gasteiger partial charge in [-0.25, -0.2) is 0 Å². The third-order valence-corrected chi connectivity index (χ3v) is 4.93. The van der Waals surface area contributed by atoms with E-state index in [0.29, 0.717) is 23.7 Å². The molecular weight excluding hydrogens is 378 g/mol. The molecule has 3 rings (SSSR count). The Morgan fingerprint density at radius 2 is 1.67 bits per heavy atom. The van der Waals surface area contributed by atoms with Crippen LogP contribution in [0.1, 0.15) is 34.0 Å². The van der Waals surface area contributed by atoms with Crippen LogP contribution in [-0.4, -0.2) is 19.6 Å². The van der Waals surface area contributed by atoms with E-state index in [2.05, 4.69) is 5.32 Å². The maximum absolute atomic E-state index is 12.8. The van der Waals surface area contributed by atoms with Crippen molar-refractivity contribution in [2.75, 3.05) is 19.0 Å². The van der Waals surface area contributed by atoms with Gasteiger partial charge in [0.2, 0.25) is 0 Å². The summed E-state index contributed by atoms with van der Waals surface area (Å²) < 4.78 is 16.8. The fourth-order valence-corrected chi connectivity index (χ4v) is 3.04. The highest BCUT2D eigenvalue weighted by Crippen LogP contribution is 2.25. The van der Waals surface area contributed by atoms with Gasteiger partial charge in [-0.05, 0) is 80.4 Å². The van der Waals surface area contributed by atoms with Gasteiger partial charge < -0.3 is 19.5 Å². The predicted molar refractivity (Wildman–Crippen MR) is 119 cm³/mol. The number of carbonyl (C=O) groups excluding carboxylic acids is 1. The zero-order chi connectivity index (χ0) is 21.5. The van der Waals surface area contributed by atoms with Gasteiger partial charge in [0.05, 0.1) is 13.7 Å². The summed E-state index contributed by atoms with van der Waals surface area (Å²) in [6, 6.07) is 18.6. The molecule has 0 saturated carbocycles. The van der Waals surface area contributed by atoms with E-state index >= 15 is 0 Å². The molecule has 30 heavy (non-hydrogen) atoms. The number of nitrogens with one attached hydrogen (secondary N) is 1. The number of hydrogen-bond donors (Lipinski definition) is 1. The second-order valence-electron chi connectivity index (χ2n) is 6.92. The van der Waals surface area contributed by atoms with Gasteiger partial charge in [0.15, 0.2) is 0 Å². The van der Waals surface area contributed by atoms with Crippen molar-refractivity contribution in [2.45, 2.75) is 27.4 Å². The van der Waals surface area contributed by atoms with Crippen molar-refractivity contribution >= 4 is 11.6 Å². The van der Waals surface area contributed by atoms with E-state index < -0.39 is 0 Å². The Morgan fingerprint density at radius 3 is 2.37 bits per heavy atom. The summed E-state index contributed by atoms with van der Waals surface area (Å²) in [6.07, 6.45) is 0. The molecule has 0 fully saturated rings. The Bertz CT molecular complexity index is 1010. The van der Waals surface area contributed by atoms with Gasteiger partial charge in [-0.2, -0.15) is 0 Å². The fourth-order valence-electron chi connectivity index (χ4n) is 3.04. The van der Waals surface area contributed by atoms with Crippen molar-refractivity contribution in [3.63, 3.8) is 0 Å². The number of benzene rings is 3. The fraction of sp³-hybridized carbons (Fsp3) is 0.240. The summed E-state index contributed by atoms with van der Waals surface area (Å²) in [7, 11) is 1.62. The number of carbonyl (C=O) groups is 1. The van der Waals surface area contributed by atoms with E-state index in [-0.39, 0.29) is 12.5 Å². The van der Waals surface area contributed by atoms with Crippen LogP contribution in [0, 0.1) is 13.8 Å². The lowest BCUT2D eigenvalue weighted by molar-refractivity contribution is 0.102. The van der Waals surface area contributed by atoms with Crippen LogP contribution in [0.5, 0.6) is 17.2 Å². The first kappa shape index (κ1) is 21.2. The number of hydrogen-bond acceptors (Lipinski definition) is 4. The van der Waals surface area contributed by atoms with Crippen LogP contribution in [-0.2, 0) is 6.61 Å². The van der Waals surface area contributed by atoms with E-state index in [1.807, 2.05) is 75.4 Å². The lowest BCUT2D eigenvalue weighted by Crippen LogP contribution is -2.14. The van der Waals surface area contributed by atoms with E-state index in [1.165, 1.54) is 0 Å². The molecule has 1 amide bonds. The number of rotatable bonds is 8. The summed E-state index contributed by atoms with van der Waals surface area (Å²) in [5.41, 5.74) is 4.35. The monoisotopic (exact) mass is 405 g/mol. The summed E-state index contributed by atoms with van der Waals surface area (Å²) in [4.78, 5) is 12.8. The third kappa shape index (κ3) is 5.11. The molecule has 0 heterocycles. The van der Waals surface area contributed by atoms with Crippen LogP contribution in [0.15, 0.2) is 60.7 Å². The van der Waals surface area contributed by atoms with Crippen LogP contribution in [0.4, 0.5) is 5.69 Å². The van der Waals surface area contributed by atoms with Crippen LogP contribution in [0.2, 0.25) is 0 Å². The number of aryl methyl sites for hydroxylation is 1. The molecule has 0 aliphatic heterocycles. The van der Waals surface area contributed by atoms with Gasteiger partial charge in [0, 0.05) is 16.8 Å². The summed E-state index contributed by atoms with van der Waals surface area (Å²) in [5, 5.41) is 3.00. The van der Waals surface area contributed by atoms with E-state index in [9.17, 15) is 4.79 Å². The molecule has 0 aromatic heterocycles. The average Bonchev–Trinajstić information content (AvgIpc) is 2.76. The Morgan fingerprint density at radius 1 is 0.933 bits per heavy atom. The quantitative estimate of drug-likeness (QED) is 0.534. The molecule has 0 saturated heterocycles. The molecule has 5 heteroatoms.